The molecule has 0 aliphatic heterocycles. The molecule has 96 valence electrons. The minimum absolute atomic E-state index is 0.0113. The summed E-state index contributed by atoms with van der Waals surface area (Å²) in [7, 11) is 0. The smallest absolute Gasteiger partial charge is 0.396 e. The molecule has 0 aromatic carbocycles. The Kier molecular flexibility index (Phi) is 4.64. The summed E-state index contributed by atoms with van der Waals surface area (Å²) in [5, 5.41) is 8.92. The number of nitrogens with zero attached hydrogens (tertiary/aromatic N) is 1. The molecule has 1 heterocycles. The van der Waals surface area contributed by atoms with E-state index in [9.17, 15) is 13.2 Å². The van der Waals surface area contributed by atoms with Crippen LogP contribution in [0.3, 0.4) is 0 Å². The van der Waals surface area contributed by atoms with Crippen LogP contribution in [0.2, 0.25) is 0 Å². The molecule has 1 aromatic rings. The first-order chi connectivity index (χ1) is 7.82. The lowest BCUT2D eigenvalue weighted by atomic mass is 10.2. The van der Waals surface area contributed by atoms with Gasteiger partial charge in [-0.25, -0.2) is 4.98 Å². The van der Waals surface area contributed by atoms with Crippen LogP contribution in [-0.4, -0.2) is 21.9 Å². The summed E-state index contributed by atoms with van der Waals surface area (Å²) in [6.45, 7) is 1.79. The Labute approximate surface area is 101 Å². The van der Waals surface area contributed by atoms with Gasteiger partial charge in [0.1, 0.15) is 5.82 Å². The third-order valence-electron chi connectivity index (χ3n) is 2.01. The SMILES string of the molecule is CC(CCO)Sc1cc(C(F)(F)F)cc(N)n1. The standard InChI is InChI=1S/C10H13F3N2OS/c1-6(2-3-16)17-9-5-7(10(11,12)13)4-8(14)15-9/h4-6,16H,2-3H2,1H3,(H2,14,15). The van der Waals surface area contributed by atoms with Crippen molar-refractivity contribution >= 4 is 17.6 Å². The van der Waals surface area contributed by atoms with Crippen LogP contribution in [0, 0.1) is 0 Å². The van der Waals surface area contributed by atoms with Crippen LogP contribution in [-0.2, 0) is 6.18 Å². The van der Waals surface area contributed by atoms with Crippen molar-refractivity contribution in [2.24, 2.45) is 0 Å². The molecule has 1 atom stereocenters. The molecule has 3 N–H and O–H groups in total. The van der Waals surface area contributed by atoms with Crippen LogP contribution in [0.1, 0.15) is 18.9 Å². The van der Waals surface area contributed by atoms with Crippen molar-refractivity contribution in [1.82, 2.24) is 4.98 Å². The van der Waals surface area contributed by atoms with Crippen molar-refractivity contribution in [3.05, 3.63) is 17.7 Å². The van der Waals surface area contributed by atoms with Crippen molar-refractivity contribution in [3.63, 3.8) is 0 Å². The Balaban J connectivity index is 2.90. The second-order valence-corrected chi connectivity index (χ2v) is 5.02. The third-order valence-corrected chi connectivity index (χ3v) is 3.10. The maximum absolute atomic E-state index is 12.5. The number of alkyl halides is 3. The fourth-order valence-electron chi connectivity index (χ4n) is 1.20. The van der Waals surface area contributed by atoms with Crippen molar-refractivity contribution in [2.45, 2.75) is 29.8 Å². The monoisotopic (exact) mass is 266 g/mol. The highest BCUT2D eigenvalue weighted by Gasteiger charge is 2.31. The minimum Gasteiger partial charge on any atom is -0.396 e. The molecular weight excluding hydrogens is 253 g/mol. The van der Waals surface area contributed by atoms with E-state index in [2.05, 4.69) is 4.98 Å². The summed E-state index contributed by atoms with van der Waals surface area (Å²) in [5.41, 5.74) is 4.53. The maximum Gasteiger partial charge on any atom is 0.416 e. The maximum atomic E-state index is 12.5. The predicted octanol–water partition coefficient (Wildman–Crippen LogP) is 2.55. The molecule has 0 amide bonds. The largest absolute Gasteiger partial charge is 0.416 e. The van der Waals surface area contributed by atoms with Crippen LogP contribution in [0.4, 0.5) is 19.0 Å². The molecule has 1 aromatic heterocycles. The summed E-state index contributed by atoms with van der Waals surface area (Å²) in [4.78, 5) is 3.83. The summed E-state index contributed by atoms with van der Waals surface area (Å²) in [6.07, 6.45) is -3.94. The average Bonchev–Trinajstić information content (AvgIpc) is 2.15. The molecule has 0 aliphatic rings. The van der Waals surface area contributed by atoms with Crippen molar-refractivity contribution in [1.29, 1.82) is 0 Å². The quantitative estimate of drug-likeness (QED) is 0.822. The molecule has 3 nitrogen and oxygen atoms in total. The number of halogens is 3. The number of pyridine rings is 1. The fraction of sp³-hybridized carbons (Fsp3) is 0.500. The van der Waals surface area contributed by atoms with E-state index in [1.807, 2.05) is 0 Å². The highest BCUT2D eigenvalue weighted by Crippen LogP contribution is 2.33. The van der Waals surface area contributed by atoms with Crippen molar-refractivity contribution in [2.75, 3.05) is 12.3 Å². The fourth-order valence-corrected chi connectivity index (χ4v) is 2.19. The van der Waals surface area contributed by atoms with Gasteiger partial charge in [0.2, 0.25) is 0 Å². The van der Waals surface area contributed by atoms with E-state index in [-0.39, 0.29) is 22.7 Å². The van der Waals surface area contributed by atoms with Crippen LogP contribution in [0.5, 0.6) is 0 Å². The minimum atomic E-state index is -4.42. The van der Waals surface area contributed by atoms with Gasteiger partial charge in [0.05, 0.1) is 10.6 Å². The molecule has 0 radical (unpaired) electrons. The Hall–Kier alpha value is -0.950. The number of aliphatic hydroxyl groups excluding tert-OH is 1. The van der Waals surface area contributed by atoms with Gasteiger partial charge in [-0.3, -0.25) is 0 Å². The van der Waals surface area contributed by atoms with Crippen LogP contribution in [0.15, 0.2) is 17.2 Å². The lowest BCUT2D eigenvalue weighted by molar-refractivity contribution is -0.137. The van der Waals surface area contributed by atoms with E-state index in [1.165, 1.54) is 0 Å². The second-order valence-electron chi connectivity index (χ2n) is 3.56. The van der Waals surface area contributed by atoms with Crippen molar-refractivity contribution < 1.29 is 18.3 Å². The zero-order valence-corrected chi connectivity index (χ0v) is 9.98. The highest BCUT2D eigenvalue weighted by atomic mass is 32.2. The van der Waals surface area contributed by atoms with E-state index in [0.29, 0.717) is 6.42 Å². The topological polar surface area (TPSA) is 59.1 Å². The van der Waals surface area contributed by atoms with Gasteiger partial charge in [-0.05, 0) is 18.6 Å². The molecule has 0 spiro atoms. The number of anilines is 1. The predicted molar refractivity (Wildman–Crippen MR) is 60.7 cm³/mol. The Morgan fingerprint density at radius 2 is 2.12 bits per heavy atom. The number of aliphatic hydroxyl groups is 1. The van der Waals surface area contributed by atoms with Gasteiger partial charge in [-0.15, -0.1) is 11.8 Å². The second kappa shape index (κ2) is 5.59. The molecule has 1 rings (SSSR count). The van der Waals surface area contributed by atoms with Gasteiger partial charge < -0.3 is 10.8 Å². The van der Waals surface area contributed by atoms with E-state index < -0.39 is 11.7 Å². The normalized spacial score (nSPS) is 13.7. The number of aromatic nitrogens is 1. The molecule has 1 unspecified atom stereocenters. The Morgan fingerprint density at radius 1 is 1.47 bits per heavy atom. The number of nitrogen functional groups attached to an aromatic ring is 1. The molecule has 17 heavy (non-hydrogen) atoms. The summed E-state index contributed by atoms with van der Waals surface area (Å²) >= 11 is 1.16. The van der Waals surface area contributed by atoms with Gasteiger partial charge in [-0.1, -0.05) is 6.92 Å². The highest BCUT2D eigenvalue weighted by molar-refractivity contribution is 7.99. The number of nitrogens with two attached hydrogens (primary N) is 1. The Morgan fingerprint density at radius 3 is 2.65 bits per heavy atom. The first kappa shape index (κ1) is 14.1. The van der Waals surface area contributed by atoms with Crippen LogP contribution in [0.25, 0.3) is 0 Å². The van der Waals surface area contributed by atoms with Gasteiger partial charge >= 0.3 is 6.18 Å². The molecule has 0 saturated carbocycles. The summed E-state index contributed by atoms with van der Waals surface area (Å²) < 4.78 is 37.5. The van der Waals surface area contributed by atoms with Gasteiger partial charge in [-0.2, -0.15) is 13.2 Å². The molecule has 0 fully saturated rings. The molecule has 0 saturated heterocycles. The molecule has 0 aliphatic carbocycles. The number of hydrogen-bond donors (Lipinski definition) is 2. The zero-order chi connectivity index (χ0) is 13.1. The van der Waals surface area contributed by atoms with E-state index in [1.54, 1.807) is 6.92 Å². The van der Waals surface area contributed by atoms with E-state index >= 15 is 0 Å². The number of hydrogen-bond acceptors (Lipinski definition) is 4. The van der Waals surface area contributed by atoms with Gasteiger partial charge in [0.25, 0.3) is 0 Å². The number of rotatable bonds is 4. The van der Waals surface area contributed by atoms with E-state index in [0.717, 1.165) is 23.9 Å². The summed E-state index contributed by atoms with van der Waals surface area (Å²) in [5.74, 6) is -0.154. The van der Waals surface area contributed by atoms with E-state index in [4.69, 9.17) is 10.8 Å². The van der Waals surface area contributed by atoms with Gasteiger partial charge in [0.15, 0.2) is 0 Å². The van der Waals surface area contributed by atoms with Crippen LogP contribution >= 0.6 is 11.8 Å². The van der Waals surface area contributed by atoms with Crippen molar-refractivity contribution in [3.8, 4) is 0 Å². The van der Waals surface area contributed by atoms with Crippen LogP contribution < -0.4 is 5.73 Å². The first-order valence-corrected chi connectivity index (χ1v) is 5.83. The third kappa shape index (κ3) is 4.43. The van der Waals surface area contributed by atoms with Gasteiger partial charge in [0, 0.05) is 11.9 Å². The summed E-state index contributed by atoms with van der Waals surface area (Å²) in [6, 6.07) is 1.77. The zero-order valence-electron chi connectivity index (χ0n) is 9.16. The molecular formula is C10H13F3N2OS. The molecule has 0 bridgehead atoms. The first-order valence-electron chi connectivity index (χ1n) is 4.95. The lowest BCUT2D eigenvalue weighted by Crippen LogP contribution is -2.08. The lowest BCUT2D eigenvalue weighted by Gasteiger charge is -2.12. The Bertz CT molecular complexity index is 384. The number of thioether (sulfide) groups is 1. The molecule has 7 heteroatoms. The average molecular weight is 266 g/mol.